The average Bonchev–Trinajstić information content (AvgIpc) is 3.26. The molecule has 0 aromatic carbocycles. The van der Waals surface area contributed by atoms with Gasteiger partial charge in [0.25, 0.3) is 0 Å². The molecule has 0 saturated heterocycles. The van der Waals surface area contributed by atoms with Gasteiger partial charge in [-0.2, -0.15) is 0 Å². The van der Waals surface area contributed by atoms with Crippen molar-refractivity contribution in [3.05, 3.63) is 0 Å². The van der Waals surface area contributed by atoms with Crippen LogP contribution in [0.4, 0.5) is 0 Å². The molecule has 362 valence electrons. The second kappa shape index (κ2) is 59.0. The highest BCUT2D eigenvalue weighted by molar-refractivity contribution is 4.55. The fraction of sp³-hybridized carbons (Fsp3) is 1.00. The summed E-state index contributed by atoms with van der Waals surface area (Å²) in [7, 11) is 0. The smallest absolute Gasteiger partial charge is 0.0533 e. The Morgan fingerprint density at radius 3 is 0.183 bits per heavy atom. The summed E-state index contributed by atoms with van der Waals surface area (Å²) in [6.45, 7) is 4.63. The van der Waals surface area contributed by atoms with Crippen LogP contribution in [-0.4, -0.2) is 0 Å². The van der Waals surface area contributed by atoms with Crippen LogP contribution in [0.1, 0.15) is 386 Å². The lowest BCUT2D eigenvalue weighted by Crippen LogP contribution is -1.85. The van der Waals surface area contributed by atoms with E-state index in [-0.39, 0.29) is 0 Å². The summed E-state index contributed by atoms with van der Waals surface area (Å²) < 4.78 is 0. The summed E-state index contributed by atoms with van der Waals surface area (Å²) in [4.78, 5) is 0. The van der Waals surface area contributed by atoms with Gasteiger partial charge in [0, 0.05) is 0 Å². The van der Waals surface area contributed by atoms with Crippen LogP contribution >= 0.6 is 0 Å². The van der Waals surface area contributed by atoms with Crippen LogP contribution in [0.3, 0.4) is 0 Å². The molecule has 0 fully saturated rings. The Hall–Kier alpha value is 0. The molecule has 0 spiro atoms. The molecule has 0 heteroatoms. The van der Waals surface area contributed by atoms with Crippen molar-refractivity contribution < 1.29 is 0 Å². The van der Waals surface area contributed by atoms with Crippen molar-refractivity contribution in [1.82, 2.24) is 0 Å². The zero-order valence-corrected chi connectivity index (χ0v) is 43.0. The van der Waals surface area contributed by atoms with Crippen LogP contribution in [0, 0.1) is 0 Å². The number of hydrogen-bond donors (Lipinski definition) is 0. The lowest BCUT2D eigenvalue weighted by atomic mass is 10.0. The molecule has 0 atom stereocenters. The average molecular weight is 844 g/mol. The minimum Gasteiger partial charge on any atom is -0.0654 e. The molecule has 0 N–H and O–H groups in total. The molecule has 0 aromatic rings. The number of hydrogen-bond acceptors (Lipinski definition) is 0. The Kier molecular flexibility index (Phi) is 59.0. The zero-order chi connectivity index (χ0) is 43.0. The maximum Gasteiger partial charge on any atom is -0.0533 e. The predicted molar refractivity (Wildman–Crippen MR) is 279 cm³/mol. The largest absolute Gasteiger partial charge is 0.0654 e. The third-order valence-corrected chi connectivity index (χ3v) is 14.5. The van der Waals surface area contributed by atoms with E-state index in [1.54, 1.807) is 0 Å². The highest BCUT2D eigenvalue weighted by Crippen LogP contribution is 2.19. The van der Waals surface area contributed by atoms with Gasteiger partial charge in [0.2, 0.25) is 0 Å². The third-order valence-electron chi connectivity index (χ3n) is 14.5. The van der Waals surface area contributed by atoms with Crippen molar-refractivity contribution >= 4 is 0 Å². The standard InChI is InChI=1S/C60H122/c1-3-5-7-9-11-13-15-17-19-21-23-25-27-29-31-33-35-37-39-41-43-45-47-49-51-53-55-57-59-60-58-56-54-52-50-48-46-44-42-40-38-36-34-32-30-28-26-24-22-20-18-16-14-12-10-8-6-4-2/h3-60H2,1-2H3. The molecule has 0 saturated carbocycles. The van der Waals surface area contributed by atoms with Gasteiger partial charge in [-0.1, -0.05) is 386 Å². The van der Waals surface area contributed by atoms with Gasteiger partial charge in [0.1, 0.15) is 0 Å². The Balaban J connectivity index is 3.06. The maximum absolute atomic E-state index is 2.31. The van der Waals surface area contributed by atoms with E-state index in [0.29, 0.717) is 0 Å². The molecule has 0 unspecified atom stereocenters. The third kappa shape index (κ3) is 58.0. The normalized spacial score (nSPS) is 11.7. The topological polar surface area (TPSA) is 0 Å². The quantitative estimate of drug-likeness (QED) is 0.0535. The first-order chi connectivity index (χ1) is 29.9. The molecule has 0 aliphatic rings. The van der Waals surface area contributed by atoms with Crippen LogP contribution in [0.2, 0.25) is 0 Å². The van der Waals surface area contributed by atoms with Crippen LogP contribution in [-0.2, 0) is 0 Å². The SMILES string of the molecule is CCCCCCCCCCCCCCCCCCCCCCCCCCCCCCCCCCCCCCCCCCCCCCCCCCCCCCCCCCCC. The molecule has 0 aliphatic carbocycles. The van der Waals surface area contributed by atoms with E-state index in [0.717, 1.165) is 0 Å². The van der Waals surface area contributed by atoms with Gasteiger partial charge in [0.15, 0.2) is 0 Å². The fourth-order valence-corrected chi connectivity index (χ4v) is 10.0. The lowest BCUT2D eigenvalue weighted by molar-refractivity contribution is 0.507. The van der Waals surface area contributed by atoms with Gasteiger partial charge in [-0.05, 0) is 0 Å². The molecular formula is C60H122. The second-order valence-electron chi connectivity index (χ2n) is 20.8. The van der Waals surface area contributed by atoms with E-state index in [4.69, 9.17) is 0 Å². The highest BCUT2D eigenvalue weighted by atomic mass is 14.1. The molecule has 0 amide bonds. The summed E-state index contributed by atoms with van der Waals surface area (Å²) in [5.41, 5.74) is 0. The molecule has 0 bridgehead atoms. The molecule has 0 aromatic heterocycles. The highest BCUT2D eigenvalue weighted by Gasteiger charge is 2.00. The number of unbranched alkanes of at least 4 members (excludes halogenated alkanes) is 57. The van der Waals surface area contributed by atoms with Crippen LogP contribution < -0.4 is 0 Å². The summed E-state index contributed by atoms with van der Waals surface area (Å²) >= 11 is 0. The van der Waals surface area contributed by atoms with Gasteiger partial charge in [0.05, 0.1) is 0 Å². The molecular weight excluding hydrogens is 721 g/mol. The van der Waals surface area contributed by atoms with E-state index < -0.39 is 0 Å². The van der Waals surface area contributed by atoms with Crippen molar-refractivity contribution in [3.63, 3.8) is 0 Å². The molecule has 60 heavy (non-hydrogen) atoms. The predicted octanol–water partition coefficient (Wildman–Crippen LogP) is 23.7. The molecule has 0 radical (unpaired) electrons. The zero-order valence-electron chi connectivity index (χ0n) is 43.0. The Morgan fingerprint density at radius 1 is 0.0833 bits per heavy atom. The first-order valence-electron chi connectivity index (χ1n) is 29.9. The van der Waals surface area contributed by atoms with E-state index in [2.05, 4.69) is 13.8 Å². The maximum atomic E-state index is 2.31. The fourth-order valence-electron chi connectivity index (χ4n) is 10.0. The van der Waals surface area contributed by atoms with Crippen LogP contribution in [0.5, 0.6) is 0 Å². The number of rotatable bonds is 57. The lowest BCUT2D eigenvalue weighted by Gasteiger charge is -2.05. The molecule has 0 rings (SSSR count). The summed E-state index contributed by atoms with van der Waals surface area (Å²) in [5, 5.41) is 0. The first-order valence-corrected chi connectivity index (χ1v) is 29.9. The van der Waals surface area contributed by atoms with Gasteiger partial charge in [-0.25, -0.2) is 0 Å². The minimum absolute atomic E-state index is 1.37. The van der Waals surface area contributed by atoms with Crippen molar-refractivity contribution in [2.24, 2.45) is 0 Å². The van der Waals surface area contributed by atoms with Gasteiger partial charge < -0.3 is 0 Å². The van der Waals surface area contributed by atoms with Crippen molar-refractivity contribution in [3.8, 4) is 0 Å². The first kappa shape index (κ1) is 60.0. The van der Waals surface area contributed by atoms with E-state index in [9.17, 15) is 0 Å². The summed E-state index contributed by atoms with van der Waals surface area (Å²) in [6.07, 6.45) is 86.4. The molecule has 0 heterocycles. The van der Waals surface area contributed by atoms with Gasteiger partial charge in [-0.3, -0.25) is 0 Å². The van der Waals surface area contributed by atoms with E-state index in [1.165, 1.54) is 372 Å². The summed E-state index contributed by atoms with van der Waals surface area (Å²) in [6, 6.07) is 0. The van der Waals surface area contributed by atoms with Crippen molar-refractivity contribution in [2.45, 2.75) is 386 Å². The van der Waals surface area contributed by atoms with Gasteiger partial charge >= 0.3 is 0 Å². The van der Waals surface area contributed by atoms with Crippen LogP contribution in [0.25, 0.3) is 0 Å². The van der Waals surface area contributed by atoms with Crippen molar-refractivity contribution in [1.29, 1.82) is 0 Å². The second-order valence-corrected chi connectivity index (χ2v) is 20.8. The van der Waals surface area contributed by atoms with Gasteiger partial charge in [-0.15, -0.1) is 0 Å². The van der Waals surface area contributed by atoms with E-state index >= 15 is 0 Å². The Bertz CT molecular complexity index is 622. The summed E-state index contributed by atoms with van der Waals surface area (Å²) in [5.74, 6) is 0. The Labute approximate surface area is 384 Å². The molecule has 0 nitrogen and oxygen atoms in total. The van der Waals surface area contributed by atoms with Crippen LogP contribution in [0.15, 0.2) is 0 Å². The Morgan fingerprint density at radius 2 is 0.133 bits per heavy atom. The van der Waals surface area contributed by atoms with E-state index in [1.807, 2.05) is 0 Å². The minimum atomic E-state index is 1.37. The molecule has 0 aliphatic heterocycles. The monoisotopic (exact) mass is 843 g/mol. The van der Waals surface area contributed by atoms with Crippen molar-refractivity contribution in [2.75, 3.05) is 0 Å².